The molecular formula is C14H16FN3O4S. The van der Waals surface area contributed by atoms with E-state index >= 15 is 0 Å². The maximum Gasteiger partial charge on any atom is 0.414 e. The van der Waals surface area contributed by atoms with E-state index in [0.29, 0.717) is 5.75 Å². The van der Waals surface area contributed by atoms with Crippen LogP contribution in [0.2, 0.25) is 0 Å². The van der Waals surface area contributed by atoms with Crippen molar-refractivity contribution in [3.8, 4) is 0 Å². The molecule has 1 heterocycles. The van der Waals surface area contributed by atoms with Crippen LogP contribution in [0.1, 0.15) is 10.4 Å². The SMILES string of the molecule is CSCC(=O)NC[C@H]1CN(c2ccc(C(N)=O)c(F)c2)C(=O)O1. The molecule has 3 N–H and O–H groups in total. The van der Waals surface area contributed by atoms with E-state index in [1.54, 1.807) is 6.26 Å². The second kappa shape index (κ2) is 7.32. The molecule has 1 aliphatic rings. The first-order chi connectivity index (χ1) is 10.9. The lowest BCUT2D eigenvalue weighted by atomic mass is 10.1. The molecule has 23 heavy (non-hydrogen) atoms. The molecule has 3 amide bonds. The summed E-state index contributed by atoms with van der Waals surface area (Å²) in [7, 11) is 0. The van der Waals surface area contributed by atoms with Crippen LogP contribution in [0, 0.1) is 5.82 Å². The zero-order chi connectivity index (χ0) is 17.0. The third-order valence-electron chi connectivity index (χ3n) is 3.21. The van der Waals surface area contributed by atoms with Crippen LogP contribution < -0.4 is 16.0 Å². The van der Waals surface area contributed by atoms with Crippen LogP contribution in [0.5, 0.6) is 0 Å². The van der Waals surface area contributed by atoms with Crippen LogP contribution >= 0.6 is 11.8 Å². The van der Waals surface area contributed by atoms with Gasteiger partial charge in [-0.3, -0.25) is 14.5 Å². The highest BCUT2D eigenvalue weighted by atomic mass is 32.2. The Hall–Kier alpha value is -2.29. The highest BCUT2D eigenvalue weighted by Crippen LogP contribution is 2.23. The lowest BCUT2D eigenvalue weighted by molar-refractivity contribution is -0.118. The van der Waals surface area contributed by atoms with E-state index in [1.807, 2.05) is 0 Å². The van der Waals surface area contributed by atoms with Crippen molar-refractivity contribution in [2.24, 2.45) is 5.73 Å². The molecule has 0 aliphatic carbocycles. The molecule has 1 saturated heterocycles. The first kappa shape index (κ1) is 17.1. The van der Waals surface area contributed by atoms with Gasteiger partial charge >= 0.3 is 6.09 Å². The third kappa shape index (κ3) is 4.13. The first-order valence-corrected chi connectivity index (χ1v) is 8.15. The fraction of sp³-hybridized carbons (Fsp3) is 0.357. The smallest absolute Gasteiger partial charge is 0.414 e. The Labute approximate surface area is 136 Å². The number of nitrogens with one attached hydrogen (secondary N) is 1. The van der Waals surface area contributed by atoms with Crippen LogP contribution in [0.4, 0.5) is 14.9 Å². The highest BCUT2D eigenvalue weighted by molar-refractivity contribution is 7.99. The minimum absolute atomic E-state index is 0.149. The molecule has 0 unspecified atom stereocenters. The minimum Gasteiger partial charge on any atom is -0.442 e. The van der Waals surface area contributed by atoms with Crippen molar-refractivity contribution in [2.75, 3.05) is 30.0 Å². The normalized spacial score (nSPS) is 17.0. The third-order valence-corrected chi connectivity index (χ3v) is 3.76. The molecule has 7 nitrogen and oxygen atoms in total. The molecular weight excluding hydrogens is 325 g/mol. The molecule has 1 fully saturated rings. The maximum atomic E-state index is 13.8. The summed E-state index contributed by atoms with van der Waals surface area (Å²) in [4.78, 5) is 35.5. The maximum absolute atomic E-state index is 13.8. The predicted molar refractivity (Wildman–Crippen MR) is 83.9 cm³/mol. The second-order valence-corrected chi connectivity index (χ2v) is 5.75. The van der Waals surface area contributed by atoms with Crippen LogP contribution in [-0.2, 0) is 9.53 Å². The molecule has 0 spiro atoms. The van der Waals surface area contributed by atoms with Gasteiger partial charge in [-0.2, -0.15) is 11.8 Å². The molecule has 1 aliphatic heterocycles. The predicted octanol–water partition coefficient (Wildman–Crippen LogP) is 0.729. The molecule has 0 aromatic heterocycles. The van der Waals surface area contributed by atoms with Gasteiger partial charge in [0.05, 0.1) is 30.1 Å². The lowest BCUT2D eigenvalue weighted by Crippen LogP contribution is -2.35. The van der Waals surface area contributed by atoms with E-state index in [2.05, 4.69) is 5.32 Å². The Morgan fingerprint density at radius 1 is 1.52 bits per heavy atom. The number of hydrogen-bond donors (Lipinski definition) is 2. The summed E-state index contributed by atoms with van der Waals surface area (Å²) in [5.41, 5.74) is 5.05. The van der Waals surface area contributed by atoms with E-state index in [4.69, 9.17) is 10.5 Å². The molecule has 1 aromatic rings. The Kier molecular flexibility index (Phi) is 5.43. The molecule has 0 saturated carbocycles. The largest absolute Gasteiger partial charge is 0.442 e. The number of primary amides is 1. The summed E-state index contributed by atoms with van der Waals surface area (Å²) >= 11 is 1.39. The number of anilines is 1. The number of carbonyl (C=O) groups is 3. The highest BCUT2D eigenvalue weighted by Gasteiger charge is 2.33. The topological polar surface area (TPSA) is 102 Å². The summed E-state index contributed by atoms with van der Waals surface area (Å²) in [6.07, 6.45) is 0.647. The monoisotopic (exact) mass is 341 g/mol. The second-order valence-electron chi connectivity index (χ2n) is 4.88. The molecule has 9 heteroatoms. The standard InChI is InChI=1S/C14H16FN3O4S/c1-23-7-12(19)17-5-9-6-18(14(21)22-9)8-2-3-10(13(16)20)11(15)4-8/h2-4,9H,5-7H2,1H3,(H2,16,20)(H,17,19)/t9-/m0/s1. The molecule has 0 radical (unpaired) electrons. The van der Waals surface area contributed by atoms with Crippen LogP contribution in [0.3, 0.4) is 0 Å². The number of carbonyl (C=O) groups excluding carboxylic acids is 3. The van der Waals surface area contributed by atoms with Gasteiger partial charge in [-0.05, 0) is 24.5 Å². The average Bonchev–Trinajstić information content (AvgIpc) is 2.86. The van der Waals surface area contributed by atoms with Crippen molar-refractivity contribution in [1.29, 1.82) is 0 Å². The van der Waals surface area contributed by atoms with E-state index in [0.717, 1.165) is 6.07 Å². The van der Waals surface area contributed by atoms with Crippen molar-refractivity contribution in [2.45, 2.75) is 6.10 Å². The molecule has 1 atom stereocenters. The first-order valence-electron chi connectivity index (χ1n) is 6.75. The van der Waals surface area contributed by atoms with Crippen molar-refractivity contribution in [3.05, 3.63) is 29.6 Å². The van der Waals surface area contributed by atoms with Gasteiger partial charge in [0.15, 0.2) is 0 Å². The van der Waals surface area contributed by atoms with Gasteiger partial charge in [0.25, 0.3) is 5.91 Å². The van der Waals surface area contributed by atoms with Crippen molar-refractivity contribution >= 4 is 35.4 Å². The van der Waals surface area contributed by atoms with Gasteiger partial charge < -0.3 is 15.8 Å². The fourth-order valence-corrected chi connectivity index (χ4v) is 2.48. The number of halogens is 1. The van der Waals surface area contributed by atoms with Gasteiger partial charge in [-0.15, -0.1) is 0 Å². The molecule has 2 rings (SSSR count). The molecule has 0 bridgehead atoms. The van der Waals surface area contributed by atoms with Crippen molar-refractivity contribution in [3.63, 3.8) is 0 Å². The number of benzene rings is 1. The minimum atomic E-state index is -0.882. The van der Waals surface area contributed by atoms with E-state index < -0.39 is 23.9 Å². The lowest BCUT2D eigenvalue weighted by Gasteiger charge is -2.14. The van der Waals surface area contributed by atoms with E-state index in [9.17, 15) is 18.8 Å². The van der Waals surface area contributed by atoms with Crippen LogP contribution in [0.15, 0.2) is 18.2 Å². The summed E-state index contributed by atoms with van der Waals surface area (Å²) in [5, 5.41) is 2.65. The number of amides is 3. The van der Waals surface area contributed by atoms with Gasteiger partial charge in [0, 0.05) is 0 Å². The number of nitrogens with two attached hydrogens (primary N) is 1. The van der Waals surface area contributed by atoms with E-state index in [1.165, 1.54) is 28.8 Å². The zero-order valence-electron chi connectivity index (χ0n) is 12.4. The van der Waals surface area contributed by atoms with Gasteiger partial charge in [0.1, 0.15) is 11.9 Å². The van der Waals surface area contributed by atoms with Gasteiger partial charge in [-0.1, -0.05) is 0 Å². The van der Waals surface area contributed by atoms with Crippen LogP contribution in [-0.4, -0.2) is 49.1 Å². The van der Waals surface area contributed by atoms with Crippen molar-refractivity contribution in [1.82, 2.24) is 5.32 Å². The number of ether oxygens (including phenoxy) is 1. The van der Waals surface area contributed by atoms with Crippen molar-refractivity contribution < 1.29 is 23.5 Å². The number of thioether (sulfide) groups is 1. The quantitative estimate of drug-likeness (QED) is 0.794. The zero-order valence-corrected chi connectivity index (χ0v) is 13.2. The fourth-order valence-electron chi connectivity index (χ4n) is 2.12. The number of hydrogen-bond acceptors (Lipinski definition) is 5. The summed E-state index contributed by atoms with van der Waals surface area (Å²) in [6.45, 7) is 0.358. The molecule has 124 valence electrons. The van der Waals surface area contributed by atoms with Crippen LogP contribution in [0.25, 0.3) is 0 Å². The Balaban J connectivity index is 2.01. The Morgan fingerprint density at radius 2 is 2.26 bits per heavy atom. The number of nitrogens with zero attached hydrogens (tertiary/aromatic N) is 1. The Morgan fingerprint density at radius 3 is 2.87 bits per heavy atom. The van der Waals surface area contributed by atoms with Gasteiger partial charge in [-0.25, -0.2) is 9.18 Å². The molecule has 1 aromatic carbocycles. The van der Waals surface area contributed by atoms with Gasteiger partial charge in [0.2, 0.25) is 5.91 Å². The summed E-state index contributed by atoms with van der Waals surface area (Å²) in [6, 6.07) is 3.68. The Bertz CT molecular complexity index is 640. The summed E-state index contributed by atoms with van der Waals surface area (Å²) < 4.78 is 18.9. The summed E-state index contributed by atoms with van der Waals surface area (Å²) in [5.74, 6) is -1.51. The number of cyclic esters (lactones) is 1. The number of rotatable bonds is 6. The van der Waals surface area contributed by atoms with E-state index in [-0.39, 0.29) is 30.2 Å². The average molecular weight is 341 g/mol.